The van der Waals surface area contributed by atoms with Gasteiger partial charge in [-0.15, -0.1) is 0 Å². The van der Waals surface area contributed by atoms with Crippen LogP contribution in [0.15, 0.2) is 66.7 Å². The number of anilines is 2. The van der Waals surface area contributed by atoms with Crippen LogP contribution in [0.1, 0.15) is 54.4 Å². The van der Waals surface area contributed by atoms with Gasteiger partial charge in [-0.2, -0.15) is 0 Å². The van der Waals surface area contributed by atoms with Crippen molar-refractivity contribution in [3.63, 3.8) is 0 Å². The van der Waals surface area contributed by atoms with Gasteiger partial charge in [0.1, 0.15) is 0 Å². The largest absolute Gasteiger partial charge is 0.354 e. The SMILES string of the molecule is O=C1Nc2ccc([N+](=O)[O-])cc2/C1=C(/Nc1ccc(CN2CCCC2)cc1)c1ccc(CN2CCCCC2=O)cc1. The van der Waals surface area contributed by atoms with Crippen LogP contribution in [-0.2, 0) is 22.7 Å². The second-order valence-electron chi connectivity index (χ2n) is 11.0. The quantitative estimate of drug-likeness (QED) is 0.213. The highest BCUT2D eigenvalue weighted by atomic mass is 16.6. The van der Waals surface area contributed by atoms with Crippen LogP contribution in [0.2, 0.25) is 0 Å². The number of nitrogens with zero attached hydrogens (tertiary/aromatic N) is 3. The third kappa shape index (κ3) is 5.85. The number of nitrogens with one attached hydrogen (secondary N) is 2. The van der Waals surface area contributed by atoms with E-state index in [4.69, 9.17) is 0 Å². The Morgan fingerprint density at radius 2 is 1.54 bits per heavy atom. The van der Waals surface area contributed by atoms with E-state index in [9.17, 15) is 19.7 Å². The number of non-ortho nitro benzene ring substituents is 1. The monoisotopic (exact) mass is 551 g/mol. The zero-order valence-electron chi connectivity index (χ0n) is 22.9. The van der Waals surface area contributed by atoms with Gasteiger partial charge in [0.15, 0.2) is 0 Å². The van der Waals surface area contributed by atoms with Crippen LogP contribution < -0.4 is 10.6 Å². The molecule has 0 spiro atoms. The number of piperidine rings is 1. The maximum Gasteiger partial charge on any atom is 0.270 e. The summed E-state index contributed by atoms with van der Waals surface area (Å²) >= 11 is 0. The molecule has 0 unspecified atom stereocenters. The Balaban J connectivity index is 1.34. The number of hydrogen-bond donors (Lipinski definition) is 2. The number of rotatable bonds is 8. The lowest BCUT2D eigenvalue weighted by Gasteiger charge is -2.26. The molecule has 3 aromatic rings. The summed E-state index contributed by atoms with van der Waals surface area (Å²) in [4.78, 5) is 41.0. The fraction of sp³-hybridized carbons (Fsp3) is 0.312. The van der Waals surface area contributed by atoms with Crippen molar-refractivity contribution < 1.29 is 14.5 Å². The number of carbonyl (C=O) groups is 2. The van der Waals surface area contributed by atoms with Crippen molar-refractivity contribution in [1.82, 2.24) is 9.80 Å². The van der Waals surface area contributed by atoms with E-state index >= 15 is 0 Å². The molecule has 2 fully saturated rings. The predicted octanol–water partition coefficient (Wildman–Crippen LogP) is 5.64. The van der Waals surface area contributed by atoms with Gasteiger partial charge in [0.05, 0.1) is 16.2 Å². The number of fused-ring (bicyclic) bond motifs is 1. The fourth-order valence-electron chi connectivity index (χ4n) is 5.86. The summed E-state index contributed by atoms with van der Waals surface area (Å²) in [7, 11) is 0. The molecule has 210 valence electrons. The van der Waals surface area contributed by atoms with Gasteiger partial charge in [0, 0.05) is 55.1 Å². The number of hydrogen-bond acceptors (Lipinski definition) is 6. The maximum absolute atomic E-state index is 13.3. The summed E-state index contributed by atoms with van der Waals surface area (Å²) in [6.45, 7) is 4.47. The van der Waals surface area contributed by atoms with E-state index in [0.29, 0.717) is 35.5 Å². The Labute approximate surface area is 239 Å². The molecule has 3 aromatic carbocycles. The molecule has 3 aliphatic heterocycles. The number of amides is 2. The van der Waals surface area contributed by atoms with Gasteiger partial charge in [0.25, 0.3) is 11.6 Å². The van der Waals surface area contributed by atoms with Crippen LogP contribution in [0, 0.1) is 10.1 Å². The van der Waals surface area contributed by atoms with Crippen molar-refractivity contribution in [3.8, 4) is 0 Å². The molecule has 2 N–H and O–H groups in total. The first-order valence-corrected chi connectivity index (χ1v) is 14.2. The highest BCUT2D eigenvalue weighted by molar-refractivity contribution is 6.37. The first-order chi connectivity index (χ1) is 19.9. The molecular weight excluding hydrogens is 518 g/mol. The number of carbonyl (C=O) groups excluding carboxylic acids is 2. The Morgan fingerprint density at radius 3 is 2.24 bits per heavy atom. The summed E-state index contributed by atoms with van der Waals surface area (Å²) in [6.07, 6.45) is 5.03. The fourth-order valence-corrected chi connectivity index (χ4v) is 5.86. The summed E-state index contributed by atoms with van der Waals surface area (Å²) in [5.74, 6) is -0.143. The van der Waals surface area contributed by atoms with Gasteiger partial charge in [-0.3, -0.25) is 24.6 Å². The van der Waals surface area contributed by atoms with E-state index in [1.54, 1.807) is 6.07 Å². The van der Waals surface area contributed by atoms with Gasteiger partial charge in [0.2, 0.25) is 5.91 Å². The van der Waals surface area contributed by atoms with E-state index < -0.39 is 4.92 Å². The number of nitro groups is 1. The average Bonchev–Trinajstić information content (AvgIpc) is 3.61. The minimum Gasteiger partial charge on any atom is -0.354 e. The molecular formula is C32H33N5O4. The second-order valence-corrected chi connectivity index (χ2v) is 11.0. The van der Waals surface area contributed by atoms with Crippen LogP contribution in [0.5, 0.6) is 0 Å². The topological polar surface area (TPSA) is 108 Å². The summed E-state index contributed by atoms with van der Waals surface area (Å²) < 4.78 is 0. The molecule has 2 saturated heterocycles. The van der Waals surface area contributed by atoms with Crippen molar-refractivity contribution in [3.05, 3.63) is 99.1 Å². The van der Waals surface area contributed by atoms with Gasteiger partial charge >= 0.3 is 0 Å². The summed E-state index contributed by atoms with van der Waals surface area (Å²) in [5.41, 5.74) is 5.67. The lowest BCUT2D eigenvalue weighted by molar-refractivity contribution is -0.384. The lowest BCUT2D eigenvalue weighted by atomic mass is 9.98. The molecule has 0 aromatic heterocycles. The lowest BCUT2D eigenvalue weighted by Crippen LogP contribution is -2.34. The standard InChI is InChI=1S/C32H33N5O4/c38-29-5-1-2-18-36(29)21-23-6-10-24(11-7-23)31(30-27-19-26(37(40)41)14-15-28(27)34-32(30)39)33-25-12-8-22(9-13-25)20-35-16-3-4-17-35/h6-15,19,33H,1-5,16-18,20-21H2,(H,34,39)/b31-30-. The molecule has 41 heavy (non-hydrogen) atoms. The Bertz CT molecular complexity index is 1510. The normalized spacial score (nSPS) is 18.3. The molecule has 0 saturated carbocycles. The smallest absolute Gasteiger partial charge is 0.270 e. The molecule has 0 bridgehead atoms. The molecule has 9 nitrogen and oxygen atoms in total. The highest BCUT2D eigenvalue weighted by Crippen LogP contribution is 2.39. The second kappa shape index (κ2) is 11.5. The van der Waals surface area contributed by atoms with Crippen LogP contribution in [-0.4, -0.2) is 46.2 Å². The van der Waals surface area contributed by atoms with Crippen LogP contribution >= 0.6 is 0 Å². The van der Waals surface area contributed by atoms with Crippen LogP contribution in [0.4, 0.5) is 17.1 Å². The Kier molecular flexibility index (Phi) is 7.52. The van der Waals surface area contributed by atoms with Crippen molar-refractivity contribution in [2.45, 2.75) is 45.2 Å². The van der Waals surface area contributed by atoms with Gasteiger partial charge in [-0.1, -0.05) is 36.4 Å². The van der Waals surface area contributed by atoms with Crippen molar-refractivity contribution in [1.29, 1.82) is 0 Å². The van der Waals surface area contributed by atoms with E-state index in [0.717, 1.165) is 55.8 Å². The van der Waals surface area contributed by atoms with E-state index in [1.165, 1.54) is 30.5 Å². The maximum atomic E-state index is 13.3. The summed E-state index contributed by atoms with van der Waals surface area (Å²) in [6, 6.07) is 20.4. The van der Waals surface area contributed by atoms with E-state index in [2.05, 4.69) is 27.7 Å². The van der Waals surface area contributed by atoms with E-state index in [1.807, 2.05) is 41.3 Å². The van der Waals surface area contributed by atoms with E-state index in [-0.39, 0.29) is 17.5 Å². The Morgan fingerprint density at radius 1 is 0.854 bits per heavy atom. The molecule has 3 heterocycles. The molecule has 0 atom stereocenters. The molecule has 6 rings (SSSR count). The average molecular weight is 552 g/mol. The predicted molar refractivity (Wildman–Crippen MR) is 159 cm³/mol. The zero-order valence-corrected chi connectivity index (χ0v) is 22.9. The summed E-state index contributed by atoms with van der Waals surface area (Å²) in [5, 5.41) is 17.9. The van der Waals surface area contributed by atoms with Crippen molar-refractivity contribution in [2.24, 2.45) is 0 Å². The van der Waals surface area contributed by atoms with Crippen molar-refractivity contribution >= 4 is 40.1 Å². The first kappa shape index (κ1) is 26.7. The molecule has 0 aliphatic carbocycles. The minimum absolute atomic E-state index is 0.0788. The molecule has 3 aliphatic rings. The molecule has 9 heteroatoms. The third-order valence-electron chi connectivity index (χ3n) is 8.07. The van der Waals surface area contributed by atoms with Crippen LogP contribution in [0.25, 0.3) is 11.3 Å². The third-order valence-corrected chi connectivity index (χ3v) is 8.07. The molecule has 2 amide bonds. The Hall–Kier alpha value is -4.50. The zero-order chi connectivity index (χ0) is 28.3. The van der Waals surface area contributed by atoms with Crippen LogP contribution in [0.3, 0.4) is 0 Å². The first-order valence-electron chi connectivity index (χ1n) is 14.2. The minimum atomic E-state index is -0.455. The van der Waals surface area contributed by atoms with Crippen molar-refractivity contribution in [2.75, 3.05) is 30.3 Å². The number of benzene rings is 3. The highest BCUT2D eigenvalue weighted by Gasteiger charge is 2.30. The number of likely N-dealkylation sites (tertiary alicyclic amines) is 2. The number of nitro benzene ring substituents is 1. The van der Waals surface area contributed by atoms with Gasteiger partial charge in [-0.25, -0.2) is 0 Å². The van der Waals surface area contributed by atoms with Gasteiger partial charge in [-0.05, 0) is 73.7 Å². The molecule has 0 radical (unpaired) electrons. The van der Waals surface area contributed by atoms with Gasteiger partial charge < -0.3 is 15.5 Å².